The Morgan fingerprint density at radius 1 is 1.20 bits per heavy atom. The first-order valence-electron chi connectivity index (χ1n) is 4.29. The highest BCUT2D eigenvalue weighted by Gasteiger charge is 2.17. The van der Waals surface area contributed by atoms with E-state index in [9.17, 15) is 8.78 Å². The Labute approximate surface area is 91.9 Å². The van der Waals surface area contributed by atoms with E-state index in [0.29, 0.717) is 5.56 Å². The normalized spacial score (nSPS) is 12.8. The van der Waals surface area contributed by atoms with Gasteiger partial charge in [0.2, 0.25) is 0 Å². The van der Waals surface area contributed by atoms with Gasteiger partial charge in [-0.1, -0.05) is 6.07 Å². The molecule has 15 heavy (non-hydrogen) atoms. The van der Waals surface area contributed by atoms with Gasteiger partial charge in [0.25, 0.3) is 6.43 Å². The van der Waals surface area contributed by atoms with Crippen molar-refractivity contribution in [3.63, 3.8) is 0 Å². The Kier molecular flexibility index (Phi) is 3.66. The molecule has 0 saturated heterocycles. The summed E-state index contributed by atoms with van der Waals surface area (Å²) in [4.78, 5) is 2.99. The van der Waals surface area contributed by atoms with Gasteiger partial charge in [-0.2, -0.15) is 0 Å². The average Bonchev–Trinajstić information content (AvgIpc) is 2.62. The largest absolute Gasteiger partial charge is 0.361 e. The number of aromatic amines is 1. The van der Waals surface area contributed by atoms with Crippen molar-refractivity contribution in [3.8, 4) is 0 Å². The molecule has 1 heterocycles. The Morgan fingerprint density at radius 2 is 1.93 bits per heavy atom. The van der Waals surface area contributed by atoms with E-state index >= 15 is 0 Å². The summed E-state index contributed by atoms with van der Waals surface area (Å²) in [5.74, 6) is 0. The molecule has 0 bridgehead atoms. The monoisotopic (exact) mass is 232 g/mol. The van der Waals surface area contributed by atoms with E-state index in [1.165, 1.54) is 0 Å². The number of hydrogen-bond donors (Lipinski definition) is 2. The quantitative estimate of drug-likeness (QED) is 0.822. The van der Waals surface area contributed by atoms with E-state index in [1.54, 1.807) is 24.4 Å². The fraction of sp³-hybridized carbons (Fsp3) is 0.200. The van der Waals surface area contributed by atoms with Gasteiger partial charge in [-0.3, -0.25) is 0 Å². The van der Waals surface area contributed by atoms with Crippen molar-refractivity contribution in [1.82, 2.24) is 4.98 Å². The minimum Gasteiger partial charge on any atom is -0.361 e. The SMILES string of the molecule is Cl.N[C@@H](c1ccc2[nH]ccc2c1)C(F)F. The van der Waals surface area contributed by atoms with Gasteiger partial charge in [0.05, 0.1) is 6.04 Å². The lowest BCUT2D eigenvalue weighted by Gasteiger charge is -2.10. The number of rotatable bonds is 2. The first kappa shape index (κ1) is 11.9. The van der Waals surface area contributed by atoms with Crippen LogP contribution in [0.25, 0.3) is 10.9 Å². The molecular formula is C10H11ClF2N2. The number of nitrogens with one attached hydrogen (secondary N) is 1. The summed E-state index contributed by atoms with van der Waals surface area (Å²) >= 11 is 0. The molecule has 5 heteroatoms. The van der Waals surface area contributed by atoms with Crippen LogP contribution in [0.3, 0.4) is 0 Å². The first-order chi connectivity index (χ1) is 6.68. The molecule has 2 nitrogen and oxygen atoms in total. The molecule has 0 aliphatic carbocycles. The Balaban J connectivity index is 0.00000112. The van der Waals surface area contributed by atoms with Crippen molar-refractivity contribution < 1.29 is 8.78 Å². The van der Waals surface area contributed by atoms with Crippen molar-refractivity contribution in [1.29, 1.82) is 0 Å². The zero-order valence-corrected chi connectivity index (χ0v) is 8.60. The van der Waals surface area contributed by atoms with Crippen molar-refractivity contribution in [2.75, 3.05) is 0 Å². The molecule has 0 aliphatic heterocycles. The number of benzene rings is 1. The summed E-state index contributed by atoms with van der Waals surface area (Å²) in [5.41, 5.74) is 6.73. The molecule has 0 fully saturated rings. The van der Waals surface area contributed by atoms with Gasteiger partial charge < -0.3 is 10.7 Å². The second kappa shape index (κ2) is 4.59. The lowest BCUT2D eigenvalue weighted by Crippen LogP contribution is -2.18. The summed E-state index contributed by atoms with van der Waals surface area (Å²) in [6.07, 6.45) is -0.756. The van der Waals surface area contributed by atoms with Crippen molar-refractivity contribution in [2.45, 2.75) is 12.5 Å². The highest BCUT2D eigenvalue weighted by molar-refractivity contribution is 5.85. The van der Waals surface area contributed by atoms with Gasteiger partial charge in [0, 0.05) is 11.7 Å². The summed E-state index contributed by atoms with van der Waals surface area (Å²) in [6, 6.07) is 5.69. The predicted octanol–water partition coefficient (Wildman–Crippen LogP) is 2.85. The molecule has 2 rings (SSSR count). The number of hydrogen-bond acceptors (Lipinski definition) is 1. The Bertz CT molecular complexity index is 442. The molecule has 1 aromatic heterocycles. The van der Waals surface area contributed by atoms with Gasteiger partial charge in [0.15, 0.2) is 0 Å². The van der Waals surface area contributed by atoms with Crippen LogP contribution < -0.4 is 5.73 Å². The predicted molar refractivity (Wildman–Crippen MR) is 58.5 cm³/mol. The third-order valence-electron chi connectivity index (χ3n) is 2.23. The van der Waals surface area contributed by atoms with Crippen LogP contribution >= 0.6 is 12.4 Å². The molecule has 1 aromatic carbocycles. The zero-order chi connectivity index (χ0) is 10.1. The molecule has 1 atom stereocenters. The fourth-order valence-corrected chi connectivity index (χ4v) is 1.42. The lowest BCUT2D eigenvalue weighted by molar-refractivity contribution is 0.116. The van der Waals surface area contributed by atoms with E-state index in [4.69, 9.17) is 5.73 Å². The zero-order valence-electron chi connectivity index (χ0n) is 7.78. The highest BCUT2D eigenvalue weighted by atomic mass is 35.5. The van der Waals surface area contributed by atoms with Crippen molar-refractivity contribution >= 4 is 23.3 Å². The standard InChI is InChI=1S/C10H10F2N2.ClH/c11-10(12)9(13)7-1-2-8-6(5-7)3-4-14-8;/h1-5,9-10,14H,13H2;1H/t9-;/m0./s1. The van der Waals surface area contributed by atoms with E-state index in [-0.39, 0.29) is 12.4 Å². The maximum absolute atomic E-state index is 12.3. The Hall–Kier alpha value is -1.13. The molecule has 0 amide bonds. The van der Waals surface area contributed by atoms with Crippen LogP contribution in [0.15, 0.2) is 30.5 Å². The van der Waals surface area contributed by atoms with Gasteiger partial charge >= 0.3 is 0 Å². The minimum absolute atomic E-state index is 0. The molecule has 0 aliphatic rings. The molecule has 0 unspecified atom stereocenters. The number of nitrogens with two attached hydrogens (primary N) is 1. The van der Waals surface area contributed by atoms with Crippen LogP contribution in [0.1, 0.15) is 11.6 Å². The minimum atomic E-state index is -2.52. The lowest BCUT2D eigenvalue weighted by atomic mass is 10.1. The first-order valence-corrected chi connectivity index (χ1v) is 4.29. The molecule has 0 radical (unpaired) electrons. The van der Waals surface area contributed by atoms with Crippen LogP contribution in [0.5, 0.6) is 0 Å². The molecule has 0 spiro atoms. The topological polar surface area (TPSA) is 41.8 Å². The maximum Gasteiger partial charge on any atom is 0.257 e. The summed E-state index contributed by atoms with van der Waals surface area (Å²) < 4.78 is 24.6. The molecule has 82 valence electrons. The molecule has 3 N–H and O–H groups in total. The van der Waals surface area contributed by atoms with Gasteiger partial charge in [-0.15, -0.1) is 12.4 Å². The van der Waals surface area contributed by atoms with E-state index in [2.05, 4.69) is 4.98 Å². The van der Waals surface area contributed by atoms with E-state index in [0.717, 1.165) is 10.9 Å². The third kappa shape index (κ3) is 2.27. The molecule has 0 saturated carbocycles. The van der Waals surface area contributed by atoms with Crippen LogP contribution in [-0.2, 0) is 0 Å². The van der Waals surface area contributed by atoms with Gasteiger partial charge in [0.1, 0.15) is 0 Å². The second-order valence-electron chi connectivity index (χ2n) is 3.18. The third-order valence-corrected chi connectivity index (χ3v) is 2.23. The maximum atomic E-state index is 12.3. The number of alkyl halides is 2. The number of aromatic nitrogens is 1. The van der Waals surface area contributed by atoms with Gasteiger partial charge in [-0.05, 0) is 29.1 Å². The smallest absolute Gasteiger partial charge is 0.257 e. The average molecular weight is 233 g/mol. The van der Waals surface area contributed by atoms with Crippen LogP contribution in [-0.4, -0.2) is 11.4 Å². The number of fused-ring (bicyclic) bond motifs is 1. The second-order valence-corrected chi connectivity index (χ2v) is 3.18. The number of H-pyrrole nitrogens is 1. The summed E-state index contributed by atoms with van der Waals surface area (Å²) in [5, 5.41) is 0.901. The van der Waals surface area contributed by atoms with Crippen molar-refractivity contribution in [2.24, 2.45) is 5.73 Å². The Morgan fingerprint density at radius 3 is 2.60 bits per heavy atom. The number of halogens is 3. The molecule has 2 aromatic rings. The highest BCUT2D eigenvalue weighted by Crippen LogP contribution is 2.22. The van der Waals surface area contributed by atoms with Gasteiger partial charge in [-0.25, -0.2) is 8.78 Å². The van der Waals surface area contributed by atoms with Crippen molar-refractivity contribution in [3.05, 3.63) is 36.0 Å². The molecular weight excluding hydrogens is 222 g/mol. The van der Waals surface area contributed by atoms with Crippen LogP contribution in [0, 0.1) is 0 Å². The van der Waals surface area contributed by atoms with Crippen LogP contribution in [0.4, 0.5) is 8.78 Å². The van der Waals surface area contributed by atoms with E-state index < -0.39 is 12.5 Å². The van der Waals surface area contributed by atoms with E-state index in [1.807, 2.05) is 6.07 Å². The fourth-order valence-electron chi connectivity index (χ4n) is 1.42. The summed E-state index contributed by atoms with van der Waals surface area (Å²) in [6.45, 7) is 0. The summed E-state index contributed by atoms with van der Waals surface area (Å²) in [7, 11) is 0. The van der Waals surface area contributed by atoms with Crippen LogP contribution in [0.2, 0.25) is 0 Å².